The van der Waals surface area contributed by atoms with Crippen LogP contribution in [0.2, 0.25) is 46.3 Å². The number of fused-ring (bicyclic) bond motifs is 1. The molecule has 0 unspecified atom stereocenters. The van der Waals surface area contributed by atoms with Crippen molar-refractivity contribution < 1.29 is 3.79 Å². The maximum atomic E-state index is 6.38. The average Bonchev–Trinajstić information content (AvgIpc) is 3.16. The van der Waals surface area contributed by atoms with Crippen LogP contribution in [0.4, 0.5) is 0 Å². The molecule has 1 aromatic heterocycles. The van der Waals surface area contributed by atoms with Gasteiger partial charge < -0.3 is 3.79 Å². The van der Waals surface area contributed by atoms with E-state index >= 15 is 0 Å². The molecular formula is C26H45Al3N4O. The number of aryl methyl sites for hydroxylation is 1. The molecule has 0 fully saturated rings. The third-order valence-corrected chi connectivity index (χ3v) is 5.14. The smallest absolute Gasteiger partial charge is 0.540 e. The second kappa shape index (κ2) is 16.0. The van der Waals surface area contributed by atoms with Crippen LogP contribution < -0.4 is 3.79 Å². The van der Waals surface area contributed by atoms with E-state index in [1.807, 2.05) is 24.3 Å². The summed E-state index contributed by atoms with van der Waals surface area (Å²) >= 11 is -1.56. The van der Waals surface area contributed by atoms with Crippen LogP contribution in [0.1, 0.15) is 25.0 Å². The van der Waals surface area contributed by atoms with Crippen LogP contribution >= 0.6 is 0 Å². The lowest BCUT2D eigenvalue weighted by Crippen LogP contribution is -2.24. The highest BCUT2D eigenvalue weighted by Crippen LogP contribution is 2.31. The Morgan fingerprint density at radius 1 is 0.824 bits per heavy atom. The third-order valence-electron chi connectivity index (χ3n) is 4.43. The maximum Gasteiger partial charge on any atom is 0.540 e. The van der Waals surface area contributed by atoms with E-state index in [9.17, 15) is 0 Å². The summed E-state index contributed by atoms with van der Waals surface area (Å²) in [7, 11) is 0. The first-order chi connectivity index (χ1) is 16.0. The van der Waals surface area contributed by atoms with Gasteiger partial charge in [0, 0.05) is 12.1 Å². The fraction of sp³-hybridized carbons (Fsp3) is 0.538. The zero-order valence-electron chi connectivity index (χ0n) is 23.5. The van der Waals surface area contributed by atoms with Gasteiger partial charge in [-0.05, 0) is 43.8 Å². The molecule has 3 aromatic rings. The highest BCUT2D eigenvalue weighted by molar-refractivity contribution is 6.54. The van der Waals surface area contributed by atoms with Gasteiger partial charge in [0.15, 0.2) is 0 Å². The van der Waals surface area contributed by atoms with Gasteiger partial charge in [0.1, 0.15) is 22.5 Å². The Kier molecular flexibility index (Phi) is 14.7. The minimum atomic E-state index is -1.28. The number of benzene rings is 2. The molecule has 0 saturated heterocycles. The molecule has 0 aliphatic carbocycles. The molecule has 0 bridgehead atoms. The van der Waals surface area contributed by atoms with E-state index in [-0.39, 0.29) is 28.3 Å². The molecule has 0 radical (unpaired) electrons. The number of hydrogen-bond acceptors (Lipinski definition) is 4. The molecular weight excluding hydrogens is 465 g/mol. The number of hydrogen-bond donors (Lipinski definition) is 0. The van der Waals surface area contributed by atoms with E-state index in [4.69, 9.17) is 3.79 Å². The predicted molar refractivity (Wildman–Crippen MR) is 155 cm³/mol. The quantitative estimate of drug-likeness (QED) is 0.323. The largest absolute Gasteiger partial charge is 0.641 e. The van der Waals surface area contributed by atoms with Gasteiger partial charge in [0.25, 0.3) is 28.3 Å². The van der Waals surface area contributed by atoms with Crippen molar-refractivity contribution in [2.75, 3.05) is 13.1 Å². The Morgan fingerprint density at radius 3 is 1.71 bits per heavy atom. The normalized spacial score (nSPS) is 10.2. The van der Waals surface area contributed by atoms with Crippen LogP contribution in [0.15, 0.2) is 36.4 Å². The Morgan fingerprint density at radius 2 is 1.29 bits per heavy atom. The van der Waals surface area contributed by atoms with Gasteiger partial charge in [0.2, 0.25) is 0 Å². The first-order valence-electron chi connectivity index (χ1n) is 12.8. The summed E-state index contributed by atoms with van der Waals surface area (Å²) in [5.74, 6) is 19.2. The average molecular weight is 511 g/mol. The lowest BCUT2D eigenvalue weighted by atomic mass is 10.1. The molecule has 0 saturated carbocycles. The van der Waals surface area contributed by atoms with E-state index in [0.29, 0.717) is 0 Å². The number of rotatable bonds is 7. The minimum absolute atomic E-state index is 0.139. The summed E-state index contributed by atoms with van der Waals surface area (Å²) in [6.07, 6.45) is 0. The molecule has 0 aliphatic heterocycles. The first-order valence-corrected chi connectivity index (χ1v) is 22.5. The summed E-state index contributed by atoms with van der Waals surface area (Å²) in [4.78, 5) is 4.13. The Bertz CT molecular complexity index is 941. The Balaban J connectivity index is 0.000000629. The van der Waals surface area contributed by atoms with Gasteiger partial charge in [-0.1, -0.05) is 43.6 Å². The fourth-order valence-corrected chi connectivity index (χ4v) is 3.86. The zero-order valence-corrected chi connectivity index (χ0v) is 27.0. The molecule has 2 aromatic carbocycles. The highest BCUT2D eigenvalue weighted by atomic mass is 27.2. The first kappa shape index (κ1) is 31.2. The molecule has 1 heterocycles. The summed E-state index contributed by atoms with van der Waals surface area (Å²) in [6, 6.07) is 12.3. The standard InChI is InChI=1S/C18H22N4O.8CH3.3Al/c1-4-21(5-2)12-14-10-13(3)11-17(18(14)23)22-19-15-8-6-7-9-16(15)20-22;;;;;;;;;;;/h6-11,23H,4-5,12H2,1-3H3;8*1H3;;;/q;;;;;;;;;;;+1/p-1. The Labute approximate surface area is 222 Å². The van der Waals surface area contributed by atoms with Crippen molar-refractivity contribution in [1.29, 1.82) is 0 Å². The van der Waals surface area contributed by atoms with Gasteiger partial charge in [-0.3, -0.25) is 4.90 Å². The molecule has 0 spiro atoms. The van der Waals surface area contributed by atoms with Gasteiger partial charge in [-0.25, -0.2) is 0 Å². The molecule has 8 heteroatoms. The molecule has 184 valence electrons. The number of aromatic nitrogens is 3. The number of nitrogens with zero attached hydrogens (tertiary/aromatic N) is 4. The van der Waals surface area contributed by atoms with Crippen LogP contribution in [-0.2, 0) is 6.54 Å². The van der Waals surface area contributed by atoms with Crippen molar-refractivity contribution in [3.63, 3.8) is 0 Å². The lowest BCUT2D eigenvalue weighted by molar-refractivity contribution is 0.293. The topological polar surface area (TPSA) is 43.2 Å². The molecule has 0 atom stereocenters. The SMILES string of the molecule is CCN(CC)Cc1cc(C)cc(-n2nc3ccccc3n2)c1[O][Al]([CH3])[CH3].[CH3][Al]([CH3])[CH3].[CH3][Al]([CH3])[CH3]. The second-order valence-corrected chi connectivity index (χ2v) is 19.6. The van der Waals surface area contributed by atoms with Crippen molar-refractivity contribution in [1.82, 2.24) is 19.9 Å². The lowest BCUT2D eigenvalue weighted by Gasteiger charge is -2.23. The summed E-state index contributed by atoms with van der Waals surface area (Å²) in [5.41, 5.74) is 5.14. The monoisotopic (exact) mass is 510 g/mol. The van der Waals surface area contributed by atoms with Crippen LogP contribution in [0, 0.1) is 6.92 Å². The van der Waals surface area contributed by atoms with E-state index in [1.165, 1.54) is 11.1 Å². The molecule has 0 N–H and O–H groups in total. The van der Waals surface area contributed by atoms with Gasteiger partial charge in [-0.15, -0.1) is 49.7 Å². The van der Waals surface area contributed by atoms with E-state index < -0.39 is 14.5 Å². The summed E-state index contributed by atoms with van der Waals surface area (Å²) in [5, 5.41) is 9.36. The van der Waals surface area contributed by atoms with Crippen molar-refractivity contribution in [2.24, 2.45) is 0 Å². The van der Waals surface area contributed by atoms with Crippen molar-refractivity contribution in [2.45, 2.75) is 73.6 Å². The van der Waals surface area contributed by atoms with Gasteiger partial charge >= 0.3 is 14.5 Å². The second-order valence-electron chi connectivity index (χ2n) is 10.3. The summed E-state index contributed by atoms with van der Waals surface area (Å²) < 4.78 is 6.38. The predicted octanol–water partition coefficient (Wildman–Crippen LogP) is 6.94. The van der Waals surface area contributed by atoms with Crippen LogP contribution in [-0.4, -0.2) is 75.8 Å². The third kappa shape index (κ3) is 11.3. The minimum Gasteiger partial charge on any atom is -0.641 e. The molecule has 3 rings (SSSR count). The van der Waals surface area contributed by atoms with Crippen molar-refractivity contribution in [3.8, 4) is 11.4 Å². The zero-order chi connectivity index (χ0) is 25.8. The molecule has 34 heavy (non-hydrogen) atoms. The van der Waals surface area contributed by atoms with Crippen molar-refractivity contribution in [3.05, 3.63) is 47.5 Å². The summed E-state index contributed by atoms with van der Waals surface area (Å²) in [6.45, 7) is 9.41. The van der Waals surface area contributed by atoms with Gasteiger partial charge in [0.05, 0.1) is 0 Å². The van der Waals surface area contributed by atoms with E-state index in [2.05, 4.69) is 94.3 Å². The van der Waals surface area contributed by atoms with E-state index in [0.717, 1.165) is 42.1 Å². The molecule has 5 nitrogen and oxygen atoms in total. The Hall–Kier alpha value is -0.803. The van der Waals surface area contributed by atoms with Crippen LogP contribution in [0.3, 0.4) is 0 Å². The van der Waals surface area contributed by atoms with Gasteiger partial charge in [-0.2, -0.15) is 0 Å². The van der Waals surface area contributed by atoms with E-state index in [1.54, 1.807) is 4.80 Å². The maximum absolute atomic E-state index is 6.38. The molecule has 0 aliphatic rings. The van der Waals surface area contributed by atoms with Crippen LogP contribution in [0.5, 0.6) is 5.75 Å². The molecule has 0 amide bonds. The van der Waals surface area contributed by atoms with Crippen LogP contribution in [0.25, 0.3) is 16.7 Å². The highest BCUT2D eigenvalue weighted by Gasteiger charge is 2.19. The van der Waals surface area contributed by atoms with Crippen molar-refractivity contribution >= 4 is 53.8 Å². The fourth-order valence-electron chi connectivity index (χ4n) is 3.12.